The first-order chi connectivity index (χ1) is 14.1. The Hall–Kier alpha value is -2.59. The third kappa shape index (κ3) is 3.36. The first-order valence-electron chi connectivity index (χ1n) is 10.5. The van der Waals surface area contributed by atoms with E-state index in [-0.39, 0.29) is 11.6 Å². The van der Waals surface area contributed by atoms with Gasteiger partial charge >= 0.3 is 0 Å². The number of piperidine rings is 1. The molecule has 0 atom stereocenters. The molecule has 2 nitrogen and oxygen atoms in total. The van der Waals surface area contributed by atoms with Gasteiger partial charge in [0.15, 0.2) is 0 Å². The summed E-state index contributed by atoms with van der Waals surface area (Å²) in [4.78, 5) is 6.99. The van der Waals surface area contributed by atoms with Crippen molar-refractivity contribution < 1.29 is 8.78 Å². The largest absolute Gasteiger partial charge is 0.304 e. The molecule has 1 aliphatic heterocycles. The lowest BCUT2D eigenvalue weighted by molar-refractivity contribution is 0.222. The lowest BCUT2D eigenvalue weighted by atomic mass is 9.88. The van der Waals surface area contributed by atoms with E-state index in [2.05, 4.69) is 22.9 Å². The zero-order chi connectivity index (χ0) is 20.0. The summed E-state index contributed by atoms with van der Waals surface area (Å²) >= 11 is 0. The van der Waals surface area contributed by atoms with Gasteiger partial charge in [0.2, 0.25) is 0 Å². The fourth-order valence-corrected chi connectivity index (χ4v) is 4.67. The Morgan fingerprint density at radius 2 is 1.83 bits per heavy atom. The lowest BCUT2D eigenvalue weighted by Crippen LogP contribution is -2.32. The molecule has 2 aliphatic rings. The molecule has 0 saturated carbocycles. The van der Waals surface area contributed by atoms with E-state index < -0.39 is 0 Å². The van der Waals surface area contributed by atoms with Gasteiger partial charge in [0.1, 0.15) is 17.2 Å². The summed E-state index contributed by atoms with van der Waals surface area (Å²) in [7, 11) is 0. The summed E-state index contributed by atoms with van der Waals surface area (Å²) in [5, 5.41) is 2.35. The number of pyridine rings is 1. The van der Waals surface area contributed by atoms with Crippen LogP contribution in [-0.2, 0) is 0 Å². The number of nitrogens with zero attached hydrogens (tertiary/aromatic N) is 2. The smallest absolute Gasteiger partial charge is 0.149 e. The van der Waals surface area contributed by atoms with Crippen molar-refractivity contribution in [3.8, 4) is 11.3 Å². The van der Waals surface area contributed by atoms with Crippen molar-refractivity contribution in [3.63, 3.8) is 0 Å². The molecule has 29 heavy (non-hydrogen) atoms. The zero-order valence-corrected chi connectivity index (χ0v) is 16.6. The summed E-state index contributed by atoms with van der Waals surface area (Å²) in [5.41, 5.74) is 2.70. The van der Waals surface area contributed by atoms with Crippen molar-refractivity contribution in [3.05, 3.63) is 64.0 Å². The van der Waals surface area contributed by atoms with E-state index in [1.807, 2.05) is 30.4 Å². The maximum absolute atomic E-state index is 15.0. The Morgan fingerprint density at radius 3 is 2.62 bits per heavy atom. The number of rotatable bonds is 3. The van der Waals surface area contributed by atoms with Crippen LogP contribution >= 0.6 is 0 Å². The average Bonchev–Trinajstić information content (AvgIpc) is 3.23. The molecule has 2 heterocycles. The van der Waals surface area contributed by atoms with E-state index >= 15 is 0 Å². The molecule has 1 saturated heterocycles. The number of benzene rings is 2. The first kappa shape index (κ1) is 18.4. The summed E-state index contributed by atoms with van der Waals surface area (Å²) in [5.74, 6) is -0.143. The number of halogens is 2. The van der Waals surface area contributed by atoms with E-state index in [0.717, 1.165) is 55.1 Å². The van der Waals surface area contributed by atoms with Gasteiger partial charge in [0.25, 0.3) is 0 Å². The predicted molar refractivity (Wildman–Crippen MR) is 114 cm³/mol. The standard InChI is InChI=1S/C25H24F2N2/c1-2-29-10-8-16(9-11-29)19-13-18-6-7-24(28-25(18)23(27)14-19)20-12-17-4-3-5-21(17)22(26)15-20/h4-7,12-16H,2-3,8-11H2,1H3. The van der Waals surface area contributed by atoms with Gasteiger partial charge < -0.3 is 4.90 Å². The molecule has 0 radical (unpaired) electrons. The number of hydrogen-bond acceptors (Lipinski definition) is 2. The number of likely N-dealkylation sites (tertiary alicyclic amines) is 1. The molecule has 1 aromatic heterocycles. The van der Waals surface area contributed by atoms with Crippen LogP contribution in [0.3, 0.4) is 0 Å². The Balaban J connectivity index is 1.51. The minimum Gasteiger partial charge on any atom is -0.304 e. The van der Waals surface area contributed by atoms with E-state index in [9.17, 15) is 8.78 Å². The molecule has 1 fully saturated rings. The highest BCUT2D eigenvalue weighted by molar-refractivity contribution is 5.83. The van der Waals surface area contributed by atoms with Crippen LogP contribution in [0.4, 0.5) is 8.78 Å². The van der Waals surface area contributed by atoms with E-state index in [1.54, 1.807) is 6.07 Å². The molecule has 2 aromatic carbocycles. The summed E-state index contributed by atoms with van der Waals surface area (Å²) in [6.45, 7) is 5.39. The van der Waals surface area contributed by atoms with Crippen LogP contribution < -0.4 is 10.4 Å². The van der Waals surface area contributed by atoms with Crippen LogP contribution in [0.2, 0.25) is 0 Å². The highest BCUT2D eigenvalue weighted by atomic mass is 19.1. The van der Waals surface area contributed by atoms with Crippen molar-refractivity contribution in [2.24, 2.45) is 0 Å². The minimum absolute atomic E-state index is 0.248. The second kappa shape index (κ2) is 7.34. The van der Waals surface area contributed by atoms with Crippen molar-refractivity contribution in [1.29, 1.82) is 0 Å². The summed E-state index contributed by atoms with van der Waals surface area (Å²) < 4.78 is 29.4. The third-order valence-corrected chi connectivity index (χ3v) is 6.39. The number of fused-ring (bicyclic) bond motifs is 2. The van der Waals surface area contributed by atoms with Gasteiger partial charge in [-0.15, -0.1) is 0 Å². The van der Waals surface area contributed by atoms with Crippen LogP contribution in [-0.4, -0.2) is 29.5 Å². The highest BCUT2D eigenvalue weighted by Gasteiger charge is 2.21. The van der Waals surface area contributed by atoms with Gasteiger partial charge in [-0.2, -0.15) is 0 Å². The molecule has 0 unspecified atom stereocenters. The SMILES string of the molecule is CCN1CCC(c2cc(F)c3nc(-c4cc(F)c5c(c4)=CCC=5)ccc3c2)CC1. The van der Waals surface area contributed by atoms with Gasteiger partial charge in [-0.1, -0.05) is 25.1 Å². The molecule has 1 aliphatic carbocycles. The molecule has 4 heteroatoms. The van der Waals surface area contributed by atoms with Crippen LogP contribution in [0.15, 0.2) is 36.4 Å². The van der Waals surface area contributed by atoms with Gasteiger partial charge in [0.05, 0.1) is 5.69 Å². The molecular weight excluding hydrogens is 366 g/mol. The Bertz CT molecular complexity index is 1210. The maximum atomic E-state index is 15.0. The molecule has 148 valence electrons. The van der Waals surface area contributed by atoms with Gasteiger partial charge in [0, 0.05) is 16.2 Å². The second-order valence-electron chi connectivity index (χ2n) is 8.08. The van der Waals surface area contributed by atoms with Gasteiger partial charge in [-0.3, -0.25) is 0 Å². The number of aromatic nitrogens is 1. The van der Waals surface area contributed by atoms with Crippen molar-refractivity contribution >= 4 is 23.1 Å². The second-order valence-corrected chi connectivity index (χ2v) is 8.08. The molecule has 3 aromatic rings. The van der Waals surface area contributed by atoms with Gasteiger partial charge in [-0.05, 0) is 85.9 Å². The van der Waals surface area contributed by atoms with E-state index in [4.69, 9.17) is 0 Å². The van der Waals surface area contributed by atoms with Crippen molar-refractivity contribution in [1.82, 2.24) is 9.88 Å². The fourth-order valence-electron chi connectivity index (χ4n) is 4.67. The van der Waals surface area contributed by atoms with Crippen LogP contribution in [0.25, 0.3) is 34.3 Å². The molecular formula is C25H24F2N2. The summed E-state index contributed by atoms with van der Waals surface area (Å²) in [6.07, 6.45) is 6.75. The van der Waals surface area contributed by atoms with Gasteiger partial charge in [-0.25, -0.2) is 13.8 Å². The van der Waals surface area contributed by atoms with Crippen molar-refractivity contribution in [2.75, 3.05) is 19.6 Å². The van der Waals surface area contributed by atoms with E-state index in [1.165, 1.54) is 6.07 Å². The Morgan fingerprint density at radius 1 is 1.00 bits per heavy atom. The predicted octanol–water partition coefficient (Wildman–Crippen LogP) is 4.34. The Labute approximate surface area is 169 Å². The first-order valence-corrected chi connectivity index (χ1v) is 10.5. The maximum Gasteiger partial charge on any atom is 0.149 e. The van der Waals surface area contributed by atoms with Crippen molar-refractivity contribution in [2.45, 2.75) is 32.1 Å². The molecule has 0 bridgehead atoms. The van der Waals surface area contributed by atoms with Crippen LogP contribution in [0.1, 0.15) is 37.7 Å². The third-order valence-electron chi connectivity index (χ3n) is 6.39. The molecule has 0 spiro atoms. The van der Waals surface area contributed by atoms with E-state index in [0.29, 0.717) is 27.9 Å². The topological polar surface area (TPSA) is 16.1 Å². The number of hydrogen-bond donors (Lipinski definition) is 0. The fraction of sp³-hybridized carbons (Fsp3) is 0.320. The molecule has 0 N–H and O–H groups in total. The quantitative estimate of drug-likeness (QED) is 0.661. The molecule has 0 amide bonds. The normalized spacial score (nSPS) is 17.2. The lowest BCUT2D eigenvalue weighted by Gasteiger charge is -2.31. The Kier molecular flexibility index (Phi) is 4.67. The van der Waals surface area contributed by atoms with Crippen LogP contribution in [0, 0.1) is 11.6 Å². The van der Waals surface area contributed by atoms with Crippen LogP contribution in [0.5, 0.6) is 0 Å². The highest BCUT2D eigenvalue weighted by Crippen LogP contribution is 2.32. The minimum atomic E-state index is -0.293. The summed E-state index contributed by atoms with van der Waals surface area (Å²) in [6, 6.07) is 10.9. The monoisotopic (exact) mass is 390 g/mol. The zero-order valence-electron chi connectivity index (χ0n) is 16.6. The molecule has 5 rings (SSSR count). The average molecular weight is 390 g/mol.